The average molecular weight is 216 g/mol. The standard InChI is InChI=1S/C11H12N4O/c12-5-7-1-3-8(4-2-7)10-9(11(13)16)6-14-15-10/h1-4,6H,5,12H2,(H2,13,16)(H,14,15). The van der Waals surface area contributed by atoms with Crippen LogP contribution in [0.1, 0.15) is 15.9 Å². The molecule has 2 rings (SSSR count). The van der Waals surface area contributed by atoms with Crippen molar-refractivity contribution in [3.8, 4) is 11.3 Å². The van der Waals surface area contributed by atoms with Crippen LogP contribution in [0.25, 0.3) is 11.3 Å². The van der Waals surface area contributed by atoms with Crippen LogP contribution in [0.5, 0.6) is 0 Å². The molecule has 82 valence electrons. The second-order valence-electron chi connectivity index (χ2n) is 3.42. The third-order valence-corrected chi connectivity index (χ3v) is 2.38. The molecule has 1 amide bonds. The molecule has 2 aromatic rings. The zero-order chi connectivity index (χ0) is 11.5. The SMILES string of the molecule is NCc1ccc(-c2[nH]ncc2C(N)=O)cc1. The summed E-state index contributed by atoms with van der Waals surface area (Å²) in [4.78, 5) is 11.1. The summed E-state index contributed by atoms with van der Waals surface area (Å²) in [5, 5.41) is 6.57. The highest BCUT2D eigenvalue weighted by Crippen LogP contribution is 2.20. The summed E-state index contributed by atoms with van der Waals surface area (Å²) >= 11 is 0. The van der Waals surface area contributed by atoms with Crippen LogP contribution in [0, 0.1) is 0 Å². The molecular weight excluding hydrogens is 204 g/mol. The summed E-state index contributed by atoms with van der Waals surface area (Å²) in [6.45, 7) is 0.492. The molecule has 0 unspecified atom stereocenters. The quantitative estimate of drug-likeness (QED) is 0.702. The highest BCUT2D eigenvalue weighted by atomic mass is 16.1. The number of H-pyrrole nitrogens is 1. The normalized spacial score (nSPS) is 10.3. The van der Waals surface area contributed by atoms with Crippen LogP contribution in [0.15, 0.2) is 30.5 Å². The molecule has 5 N–H and O–H groups in total. The number of nitrogens with two attached hydrogens (primary N) is 2. The average Bonchev–Trinajstić information content (AvgIpc) is 2.78. The van der Waals surface area contributed by atoms with E-state index in [1.807, 2.05) is 24.3 Å². The first kappa shape index (κ1) is 10.4. The molecule has 0 saturated carbocycles. The molecule has 0 aliphatic carbocycles. The number of benzene rings is 1. The predicted octanol–water partition coefficient (Wildman–Crippen LogP) is 0.634. The molecule has 0 aliphatic rings. The first-order valence-corrected chi connectivity index (χ1v) is 4.85. The van der Waals surface area contributed by atoms with E-state index in [9.17, 15) is 4.79 Å². The van der Waals surface area contributed by atoms with E-state index in [4.69, 9.17) is 11.5 Å². The Labute approximate surface area is 92.5 Å². The van der Waals surface area contributed by atoms with Gasteiger partial charge in [0.05, 0.1) is 17.5 Å². The lowest BCUT2D eigenvalue weighted by Crippen LogP contribution is -2.11. The van der Waals surface area contributed by atoms with Crippen molar-refractivity contribution < 1.29 is 4.79 Å². The van der Waals surface area contributed by atoms with Gasteiger partial charge in [-0.3, -0.25) is 9.89 Å². The molecule has 0 atom stereocenters. The molecule has 5 nitrogen and oxygen atoms in total. The van der Waals surface area contributed by atoms with Gasteiger partial charge >= 0.3 is 0 Å². The Kier molecular flexibility index (Phi) is 2.70. The maximum atomic E-state index is 11.1. The molecule has 1 aromatic heterocycles. The largest absolute Gasteiger partial charge is 0.365 e. The van der Waals surface area contributed by atoms with Crippen molar-refractivity contribution in [2.24, 2.45) is 11.5 Å². The van der Waals surface area contributed by atoms with Gasteiger partial charge in [0, 0.05) is 12.1 Å². The van der Waals surface area contributed by atoms with E-state index < -0.39 is 5.91 Å². The fourth-order valence-electron chi connectivity index (χ4n) is 1.50. The Balaban J connectivity index is 2.42. The van der Waals surface area contributed by atoms with Crippen molar-refractivity contribution in [2.45, 2.75) is 6.54 Å². The van der Waals surface area contributed by atoms with E-state index in [0.717, 1.165) is 11.1 Å². The number of rotatable bonds is 3. The van der Waals surface area contributed by atoms with Gasteiger partial charge in [0.15, 0.2) is 0 Å². The van der Waals surface area contributed by atoms with Gasteiger partial charge in [-0.25, -0.2) is 0 Å². The van der Waals surface area contributed by atoms with Crippen LogP contribution in [-0.4, -0.2) is 16.1 Å². The summed E-state index contributed by atoms with van der Waals surface area (Å²) in [6, 6.07) is 7.56. The molecule has 0 bridgehead atoms. The van der Waals surface area contributed by atoms with Crippen LogP contribution >= 0.6 is 0 Å². The van der Waals surface area contributed by atoms with Crippen molar-refractivity contribution in [3.63, 3.8) is 0 Å². The maximum Gasteiger partial charge on any atom is 0.252 e. The van der Waals surface area contributed by atoms with E-state index in [1.165, 1.54) is 6.20 Å². The summed E-state index contributed by atoms with van der Waals surface area (Å²) in [5.41, 5.74) is 13.7. The molecule has 1 aromatic carbocycles. The van der Waals surface area contributed by atoms with E-state index >= 15 is 0 Å². The summed E-state index contributed by atoms with van der Waals surface area (Å²) < 4.78 is 0. The second-order valence-corrected chi connectivity index (χ2v) is 3.42. The predicted molar refractivity (Wildman–Crippen MR) is 60.4 cm³/mol. The molecule has 0 radical (unpaired) electrons. The molecular formula is C11H12N4O. The minimum absolute atomic E-state index is 0.389. The van der Waals surface area contributed by atoms with Gasteiger partial charge in [-0.15, -0.1) is 0 Å². The zero-order valence-corrected chi connectivity index (χ0v) is 8.60. The number of aromatic amines is 1. The van der Waals surface area contributed by atoms with Gasteiger partial charge in [0.25, 0.3) is 5.91 Å². The summed E-state index contributed by atoms with van der Waals surface area (Å²) in [6.07, 6.45) is 1.43. The molecule has 1 heterocycles. The third-order valence-electron chi connectivity index (χ3n) is 2.38. The summed E-state index contributed by atoms with van der Waals surface area (Å²) in [7, 11) is 0. The van der Waals surface area contributed by atoms with Gasteiger partial charge in [0.1, 0.15) is 0 Å². The second kappa shape index (κ2) is 4.16. The maximum absolute atomic E-state index is 11.1. The van der Waals surface area contributed by atoms with Crippen molar-refractivity contribution >= 4 is 5.91 Å². The Morgan fingerprint density at radius 1 is 1.31 bits per heavy atom. The smallest absolute Gasteiger partial charge is 0.252 e. The molecule has 0 fully saturated rings. The highest BCUT2D eigenvalue weighted by Gasteiger charge is 2.11. The number of amides is 1. The van der Waals surface area contributed by atoms with Crippen LogP contribution in [0.4, 0.5) is 0 Å². The summed E-state index contributed by atoms with van der Waals surface area (Å²) in [5.74, 6) is -0.494. The van der Waals surface area contributed by atoms with Crippen molar-refractivity contribution in [2.75, 3.05) is 0 Å². The van der Waals surface area contributed by atoms with Crippen molar-refractivity contribution in [1.29, 1.82) is 0 Å². The monoisotopic (exact) mass is 216 g/mol. The van der Waals surface area contributed by atoms with Gasteiger partial charge < -0.3 is 11.5 Å². The van der Waals surface area contributed by atoms with E-state index in [0.29, 0.717) is 17.8 Å². The van der Waals surface area contributed by atoms with Gasteiger partial charge in [-0.2, -0.15) is 5.10 Å². The number of carbonyl (C=O) groups is 1. The minimum atomic E-state index is -0.494. The van der Waals surface area contributed by atoms with Crippen LogP contribution < -0.4 is 11.5 Å². The highest BCUT2D eigenvalue weighted by molar-refractivity contribution is 5.98. The van der Waals surface area contributed by atoms with Crippen LogP contribution in [0.3, 0.4) is 0 Å². The zero-order valence-electron chi connectivity index (χ0n) is 8.60. The topological polar surface area (TPSA) is 97.8 Å². The first-order chi connectivity index (χ1) is 7.72. The molecule has 16 heavy (non-hydrogen) atoms. The van der Waals surface area contributed by atoms with Crippen LogP contribution in [-0.2, 0) is 6.54 Å². The fraction of sp³-hybridized carbons (Fsp3) is 0.0909. The van der Waals surface area contributed by atoms with Crippen molar-refractivity contribution in [3.05, 3.63) is 41.6 Å². The van der Waals surface area contributed by atoms with Gasteiger partial charge in [-0.05, 0) is 5.56 Å². The number of primary amides is 1. The molecule has 0 saturated heterocycles. The molecule has 5 heteroatoms. The lowest BCUT2D eigenvalue weighted by molar-refractivity contribution is 0.100. The Hall–Kier alpha value is -2.14. The van der Waals surface area contributed by atoms with Crippen LogP contribution in [0.2, 0.25) is 0 Å². The lowest BCUT2D eigenvalue weighted by atomic mass is 10.1. The van der Waals surface area contributed by atoms with E-state index in [1.54, 1.807) is 0 Å². The Morgan fingerprint density at radius 3 is 2.56 bits per heavy atom. The molecule has 0 spiro atoms. The van der Waals surface area contributed by atoms with E-state index in [2.05, 4.69) is 10.2 Å². The Morgan fingerprint density at radius 2 is 2.00 bits per heavy atom. The minimum Gasteiger partial charge on any atom is -0.365 e. The lowest BCUT2D eigenvalue weighted by Gasteiger charge is -2.01. The van der Waals surface area contributed by atoms with Gasteiger partial charge in [-0.1, -0.05) is 24.3 Å². The van der Waals surface area contributed by atoms with Gasteiger partial charge in [0.2, 0.25) is 0 Å². The Bertz CT molecular complexity index is 501. The number of hydrogen-bond donors (Lipinski definition) is 3. The fourth-order valence-corrected chi connectivity index (χ4v) is 1.50. The van der Waals surface area contributed by atoms with E-state index in [-0.39, 0.29) is 0 Å². The number of nitrogens with zero attached hydrogens (tertiary/aromatic N) is 1. The molecule has 0 aliphatic heterocycles. The number of hydrogen-bond acceptors (Lipinski definition) is 3. The third kappa shape index (κ3) is 1.80. The number of carbonyl (C=O) groups excluding carboxylic acids is 1. The first-order valence-electron chi connectivity index (χ1n) is 4.85. The van der Waals surface area contributed by atoms with Crippen molar-refractivity contribution in [1.82, 2.24) is 10.2 Å². The number of nitrogens with one attached hydrogen (secondary N) is 1. The number of aromatic nitrogens is 2.